The summed E-state index contributed by atoms with van der Waals surface area (Å²) in [5, 5.41) is 9.41. The molecule has 0 aliphatic heterocycles. The molecule has 3 aromatic rings. The highest BCUT2D eigenvalue weighted by molar-refractivity contribution is 5.70. The quantitative estimate of drug-likeness (QED) is 0.434. The number of rotatable bonds is 10. The fourth-order valence-electron chi connectivity index (χ4n) is 2.27. The summed E-state index contributed by atoms with van der Waals surface area (Å²) < 4.78 is 27.2. The molecule has 0 amide bonds. The first kappa shape index (κ1) is 17.9. The second-order valence-corrected chi connectivity index (χ2v) is 5.27. The third-order valence-electron chi connectivity index (χ3n) is 3.52. The first-order chi connectivity index (χ1) is 12.7. The van der Waals surface area contributed by atoms with E-state index in [1.54, 1.807) is 18.2 Å². The van der Waals surface area contributed by atoms with E-state index in [1.165, 1.54) is 18.4 Å². The minimum atomic E-state index is -0.957. The van der Waals surface area contributed by atoms with E-state index >= 15 is 0 Å². The first-order valence-corrected chi connectivity index (χ1v) is 7.71. The lowest BCUT2D eigenvalue weighted by Crippen LogP contribution is -2.10. The van der Waals surface area contributed by atoms with Crippen LogP contribution in [0.25, 0.3) is 0 Å². The molecule has 0 aromatic carbocycles. The van der Waals surface area contributed by atoms with Gasteiger partial charge in [-0.1, -0.05) is 0 Å². The van der Waals surface area contributed by atoms with Crippen molar-refractivity contribution in [3.63, 3.8) is 0 Å². The molecule has 1 N–H and O–H groups in total. The number of ether oxygens (including phenoxy) is 2. The highest BCUT2D eigenvalue weighted by Gasteiger charge is 2.22. The molecule has 0 saturated heterocycles. The van der Waals surface area contributed by atoms with Crippen LogP contribution in [0.1, 0.15) is 50.2 Å². The van der Waals surface area contributed by atoms with Crippen LogP contribution >= 0.6 is 0 Å². The molecule has 3 aromatic heterocycles. The number of carbonyl (C=O) groups is 2. The van der Waals surface area contributed by atoms with Crippen LogP contribution in [0, 0.1) is 0 Å². The van der Waals surface area contributed by atoms with Gasteiger partial charge in [-0.15, -0.1) is 0 Å². The molecule has 0 radical (unpaired) electrons. The van der Waals surface area contributed by atoms with Gasteiger partial charge in [0.25, 0.3) is 0 Å². The smallest absolute Gasteiger partial charge is 0.218 e. The summed E-state index contributed by atoms with van der Waals surface area (Å²) in [7, 11) is 0. The van der Waals surface area contributed by atoms with Gasteiger partial charge in [-0.25, -0.2) is 0 Å². The molecule has 8 nitrogen and oxygen atoms in total. The van der Waals surface area contributed by atoms with E-state index in [1.807, 2.05) is 0 Å². The summed E-state index contributed by atoms with van der Waals surface area (Å²) in [4.78, 5) is 21.4. The average molecular weight is 360 g/mol. The average Bonchev–Trinajstić information content (AvgIpc) is 3.41. The molecule has 0 fully saturated rings. The summed E-state index contributed by atoms with van der Waals surface area (Å²) in [5.74, 6) is 1.54. The molecule has 0 bridgehead atoms. The van der Waals surface area contributed by atoms with Crippen LogP contribution in [0.15, 0.2) is 49.8 Å². The first-order valence-electron chi connectivity index (χ1n) is 7.71. The van der Waals surface area contributed by atoms with Gasteiger partial charge in [0.15, 0.2) is 29.9 Å². The van der Waals surface area contributed by atoms with Crippen molar-refractivity contribution < 1.29 is 37.4 Å². The van der Waals surface area contributed by atoms with E-state index in [0.29, 0.717) is 35.4 Å². The molecule has 3 rings (SSSR count). The van der Waals surface area contributed by atoms with Crippen molar-refractivity contribution in [2.75, 3.05) is 0 Å². The second kappa shape index (κ2) is 8.43. The van der Waals surface area contributed by atoms with Gasteiger partial charge in [0.05, 0.1) is 12.9 Å². The summed E-state index contributed by atoms with van der Waals surface area (Å²) in [6.45, 7) is -0.217. The monoisotopic (exact) mass is 360 g/mol. The van der Waals surface area contributed by atoms with E-state index in [-0.39, 0.29) is 31.3 Å². The Bertz CT molecular complexity index is 806. The molecule has 26 heavy (non-hydrogen) atoms. The van der Waals surface area contributed by atoms with Crippen LogP contribution in [-0.2, 0) is 29.3 Å². The number of aldehydes is 2. The van der Waals surface area contributed by atoms with Crippen molar-refractivity contribution in [1.82, 2.24) is 0 Å². The van der Waals surface area contributed by atoms with E-state index in [2.05, 4.69) is 0 Å². The maximum Gasteiger partial charge on any atom is 0.218 e. The maximum atomic E-state index is 10.7. The van der Waals surface area contributed by atoms with E-state index < -0.39 is 6.29 Å². The van der Waals surface area contributed by atoms with Gasteiger partial charge in [0.1, 0.15) is 24.7 Å². The molecular weight excluding hydrogens is 344 g/mol. The fourth-order valence-corrected chi connectivity index (χ4v) is 2.27. The molecule has 0 unspecified atom stereocenters. The third kappa shape index (κ3) is 4.17. The van der Waals surface area contributed by atoms with E-state index in [4.69, 9.17) is 22.7 Å². The van der Waals surface area contributed by atoms with Gasteiger partial charge in [-0.2, -0.15) is 0 Å². The number of furan rings is 3. The Kier molecular flexibility index (Phi) is 5.80. The zero-order valence-corrected chi connectivity index (χ0v) is 13.6. The van der Waals surface area contributed by atoms with Crippen molar-refractivity contribution in [3.05, 3.63) is 71.0 Å². The van der Waals surface area contributed by atoms with Crippen LogP contribution in [-0.4, -0.2) is 17.7 Å². The number of aliphatic hydroxyl groups excluding tert-OH is 1. The van der Waals surface area contributed by atoms with Crippen LogP contribution in [0.2, 0.25) is 0 Å². The molecular formula is C18H16O8. The van der Waals surface area contributed by atoms with Crippen molar-refractivity contribution >= 4 is 12.6 Å². The molecule has 0 aliphatic rings. The SMILES string of the molecule is O=Cc1ccc(COC(OCc2ccc(C=O)o2)c2occc2CO)o1. The number of aliphatic hydroxyl groups is 1. The van der Waals surface area contributed by atoms with Crippen LogP contribution < -0.4 is 0 Å². The molecule has 0 spiro atoms. The van der Waals surface area contributed by atoms with Gasteiger partial charge >= 0.3 is 0 Å². The normalized spacial score (nSPS) is 11.2. The maximum absolute atomic E-state index is 10.7. The lowest BCUT2D eigenvalue weighted by atomic mass is 10.2. The summed E-state index contributed by atoms with van der Waals surface area (Å²) in [5.41, 5.74) is 0.510. The summed E-state index contributed by atoms with van der Waals surface area (Å²) in [6, 6.07) is 7.87. The zero-order chi connectivity index (χ0) is 18.4. The Morgan fingerprint density at radius 1 is 0.923 bits per heavy atom. The van der Waals surface area contributed by atoms with Gasteiger partial charge in [0, 0.05) is 5.56 Å². The Morgan fingerprint density at radius 2 is 1.50 bits per heavy atom. The van der Waals surface area contributed by atoms with Crippen LogP contribution in [0.5, 0.6) is 0 Å². The second-order valence-electron chi connectivity index (χ2n) is 5.27. The molecule has 0 aliphatic carbocycles. The van der Waals surface area contributed by atoms with E-state index in [0.717, 1.165) is 0 Å². The van der Waals surface area contributed by atoms with Crippen molar-refractivity contribution in [1.29, 1.82) is 0 Å². The lowest BCUT2D eigenvalue weighted by molar-refractivity contribution is -0.176. The molecule has 0 saturated carbocycles. The van der Waals surface area contributed by atoms with Crippen LogP contribution in [0.4, 0.5) is 0 Å². The predicted molar refractivity (Wildman–Crippen MR) is 85.1 cm³/mol. The van der Waals surface area contributed by atoms with Gasteiger partial charge in [-0.05, 0) is 30.3 Å². The van der Waals surface area contributed by atoms with Crippen molar-refractivity contribution in [2.24, 2.45) is 0 Å². The molecule has 136 valence electrons. The van der Waals surface area contributed by atoms with E-state index in [9.17, 15) is 14.7 Å². The lowest BCUT2D eigenvalue weighted by Gasteiger charge is -2.16. The fraction of sp³-hybridized carbons (Fsp3) is 0.222. The largest absolute Gasteiger partial charge is 0.464 e. The third-order valence-corrected chi connectivity index (χ3v) is 3.52. The summed E-state index contributed by atoms with van der Waals surface area (Å²) >= 11 is 0. The minimum Gasteiger partial charge on any atom is -0.464 e. The number of hydrogen-bond acceptors (Lipinski definition) is 8. The number of hydrogen-bond donors (Lipinski definition) is 1. The Balaban J connectivity index is 1.70. The molecule has 8 heteroatoms. The van der Waals surface area contributed by atoms with Gasteiger partial charge in [-0.3, -0.25) is 9.59 Å². The topological polar surface area (TPSA) is 112 Å². The Morgan fingerprint density at radius 3 is 1.96 bits per heavy atom. The highest BCUT2D eigenvalue weighted by atomic mass is 16.7. The minimum absolute atomic E-state index is 0.0157. The molecule has 0 atom stereocenters. The zero-order valence-electron chi connectivity index (χ0n) is 13.6. The highest BCUT2D eigenvalue weighted by Crippen LogP contribution is 2.27. The Hall–Kier alpha value is -2.94. The summed E-state index contributed by atoms with van der Waals surface area (Å²) in [6.07, 6.45) is 1.64. The van der Waals surface area contributed by atoms with Crippen LogP contribution in [0.3, 0.4) is 0 Å². The predicted octanol–water partition coefficient (Wildman–Crippen LogP) is 3.02. The van der Waals surface area contributed by atoms with Gasteiger partial charge in [0.2, 0.25) is 6.29 Å². The Labute approximate surface area is 147 Å². The van der Waals surface area contributed by atoms with Crippen molar-refractivity contribution in [3.8, 4) is 0 Å². The number of carbonyl (C=O) groups excluding carboxylic acids is 2. The van der Waals surface area contributed by atoms with Crippen molar-refractivity contribution in [2.45, 2.75) is 26.1 Å². The standard InChI is InChI=1S/C18H16O8/c19-7-12-5-6-22-17(12)18(23-10-15-3-1-13(8-20)25-15)24-11-16-4-2-14(9-21)26-16/h1-6,8-9,18-19H,7,10-11H2. The molecule has 3 heterocycles. The van der Waals surface area contributed by atoms with Gasteiger partial charge < -0.3 is 27.8 Å².